The summed E-state index contributed by atoms with van der Waals surface area (Å²) in [4.78, 5) is 19.1. The van der Waals surface area contributed by atoms with E-state index in [1.165, 1.54) is 0 Å². The second-order valence-corrected chi connectivity index (χ2v) is 4.79. The number of carbonyl (C=O) groups excluding carboxylic acids is 1. The van der Waals surface area contributed by atoms with Crippen LogP contribution in [0.4, 0.5) is 0 Å². The van der Waals surface area contributed by atoms with Crippen LogP contribution in [0.15, 0.2) is 48.5 Å². The number of benzene rings is 2. The van der Waals surface area contributed by atoms with Crippen LogP contribution in [0, 0.1) is 0 Å². The molecule has 1 amide bonds. The van der Waals surface area contributed by atoms with Gasteiger partial charge in [0.05, 0.1) is 11.0 Å². The largest absolute Gasteiger partial charge is 0.348 e. The molecule has 0 bridgehead atoms. The average Bonchev–Trinajstić information content (AvgIpc) is 2.85. The number of amides is 1. The fourth-order valence-corrected chi connectivity index (χ4v) is 2.19. The number of imidazole rings is 1. The van der Waals surface area contributed by atoms with Crippen molar-refractivity contribution in [2.75, 3.05) is 0 Å². The molecular formula is C15H12ClN3O. The van der Waals surface area contributed by atoms with Crippen molar-refractivity contribution in [2.45, 2.75) is 6.54 Å². The number of H-pyrrole nitrogens is 1. The number of hydrogen-bond donors (Lipinski definition) is 2. The lowest BCUT2D eigenvalue weighted by atomic mass is 10.1. The number of fused-ring (bicyclic) bond motifs is 1. The number of hydrogen-bond acceptors (Lipinski definition) is 2. The zero-order valence-corrected chi connectivity index (χ0v) is 11.3. The molecule has 5 heteroatoms. The molecule has 3 rings (SSSR count). The van der Waals surface area contributed by atoms with Crippen LogP contribution in [-0.2, 0) is 6.54 Å². The first-order valence-corrected chi connectivity index (χ1v) is 6.57. The van der Waals surface area contributed by atoms with Gasteiger partial charge in [-0.2, -0.15) is 0 Å². The van der Waals surface area contributed by atoms with Crippen molar-refractivity contribution in [3.63, 3.8) is 0 Å². The Morgan fingerprint density at radius 2 is 2.00 bits per heavy atom. The van der Waals surface area contributed by atoms with Crippen molar-refractivity contribution in [1.82, 2.24) is 15.3 Å². The fraction of sp³-hybridized carbons (Fsp3) is 0.0667. The van der Waals surface area contributed by atoms with E-state index in [1.54, 1.807) is 18.2 Å². The minimum Gasteiger partial charge on any atom is -0.348 e. The van der Waals surface area contributed by atoms with Crippen molar-refractivity contribution in [2.24, 2.45) is 0 Å². The first-order valence-electron chi connectivity index (χ1n) is 6.20. The lowest BCUT2D eigenvalue weighted by molar-refractivity contribution is 0.0951. The van der Waals surface area contributed by atoms with Gasteiger partial charge in [0.1, 0.15) is 0 Å². The van der Waals surface area contributed by atoms with Gasteiger partial charge in [-0.25, -0.2) is 4.98 Å². The van der Waals surface area contributed by atoms with Crippen LogP contribution >= 0.6 is 11.6 Å². The van der Waals surface area contributed by atoms with Gasteiger partial charge in [0.2, 0.25) is 5.28 Å². The summed E-state index contributed by atoms with van der Waals surface area (Å²) in [6.45, 7) is 0.501. The molecular weight excluding hydrogens is 274 g/mol. The number of carbonyl (C=O) groups is 1. The van der Waals surface area contributed by atoms with E-state index < -0.39 is 0 Å². The molecule has 2 aromatic carbocycles. The molecule has 0 aliphatic carbocycles. The topological polar surface area (TPSA) is 57.8 Å². The van der Waals surface area contributed by atoms with Gasteiger partial charge >= 0.3 is 0 Å². The maximum absolute atomic E-state index is 12.1. The van der Waals surface area contributed by atoms with Gasteiger partial charge in [0, 0.05) is 12.1 Å². The molecule has 0 spiro atoms. The normalized spacial score (nSPS) is 10.7. The molecule has 0 fully saturated rings. The van der Waals surface area contributed by atoms with Gasteiger partial charge in [-0.3, -0.25) is 4.79 Å². The highest BCUT2D eigenvalue weighted by atomic mass is 35.5. The van der Waals surface area contributed by atoms with Crippen molar-refractivity contribution < 1.29 is 4.79 Å². The summed E-state index contributed by atoms with van der Waals surface area (Å²) in [6.07, 6.45) is 0. The molecule has 0 radical (unpaired) electrons. The lowest BCUT2D eigenvalue weighted by Gasteiger charge is -2.05. The van der Waals surface area contributed by atoms with Gasteiger partial charge in [-0.05, 0) is 35.4 Å². The smallest absolute Gasteiger partial charge is 0.251 e. The molecule has 2 N–H and O–H groups in total. The molecule has 4 nitrogen and oxygen atoms in total. The van der Waals surface area contributed by atoms with Crippen molar-refractivity contribution >= 4 is 28.5 Å². The van der Waals surface area contributed by atoms with Crippen molar-refractivity contribution in [1.29, 1.82) is 0 Å². The minimum absolute atomic E-state index is 0.124. The molecule has 3 aromatic rings. The minimum atomic E-state index is -0.124. The van der Waals surface area contributed by atoms with Crippen LogP contribution in [0.1, 0.15) is 15.9 Å². The molecule has 0 saturated heterocycles. The van der Waals surface area contributed by atoms with Crippen molar-refractivity contribution in [3.05, 3.63) is 64.9 Å². The van der Waals surface area contributed by atoms with E-state index in [2.05, 4.69) is 15.3 Å². The van der Waals surface area contributed by atoms with E-state index in [4.69, 9.17) is 11.6 Å². The lowest BCUT2D eigenvalue weighted by Crippen LogP contribution is -2.22. The highest BCUT2D eigenvalue weighted by molar-refractivity contribution is 6.29. The first kappa shape index (κ1) is 12.7. The third-order valence-electron chi connectivity index (χ3n) is 3.01. The summed E-state index contributed by atoms with van der Waals surface area (Å²) >= 11 is 5.79. The molecule has 0 atom stereocenters. The molecule has 0 aliphatic heterocycles. The number of rotatable bonds is 3. The Balaban J connectivity index is 1.75. The Hall–Kier alpha value is -2.33. The monoisotopic (exact) mass is 285 g/mol. The predicted molar refractivity (Wildman–Crippen MR) is 78.7 cm³/mol. The van der Waals surface area contributed by atoms with Gasteiger partial charge in [0.15, 0.2) is 0 Å². The standard InChI is InChI=1S/C15H12ClN3O/c16-15-18-12-7-6-11(8-13(12)19-15)14(20)17-9-10-4-2-1-3-5-10/h1-8H,9H2,(H,17,20)(H,18,19). The predicted octanol–water partition coefficient (Wildman–Crippen LogP) is 3.15. The average molecular weight is 286 g/mol. The number of nitrogens with zero attached hydrogens (tertiary/aromatic N) is 1. The third kappa shape index (κ3) is 2.65. The molecule has 1 heterocycles. The highest BCUT2D eigenvalue weighted by Gasteiger charge is 2.08. The third-order valence-corrected chi connectivity index (χ3v) is 3.19. The second kappa shape index (κ2) is 5.35. The van der Waals surface area contributed by atoms with Crippen LogP contribution in [-0.4, -0.2) is 15.9 Å². The zero-order valence-electron chi connectivity index (χ0n) is 10.6. The van der Waals surface area contributed by atoms with Crippen LogP contribution in [0.5, 0.6) is 0 Å². The Labute approximate surface area is 120 Å². The first-order chi connectivity index (χ1) is 9.72. The highest BCUT2D eigenvalue weighted by Crippen LogP contribution is 2.16. The van der Waals surface area contributed by atoms with E-state index in [0.717, 1.165) is 16.6 Å². The molecule has 1 aromatic heterocycles. The van der Waals surface area contributed by atoms with Crippen LogP contribution in [0.3, 0.4) is 0 Å². The zero-order chi connectivity index (χ0) is 13.9. The number of halogens is 1. The van der Waals surface area contributed by atoms with E-state index in [1.807, 2.05) is 30.3 Å². The second-order valence-electron chi connectivity index (χ2n) is 4.43. The summed E-state index contributed by atoms with van der Waals surface area (Å²) in [5, 5.41) is 3.20. The summed E-state index contributed by atoms with van der Waals surface area (Å²) in [5.74, 6) is -0.124. The number of nitrogens with one attached hydrogen (secondary N) is 2. The van der Waals surface area contributed by atoms with Crippen LogP contribution in [0.25, 0.3) is 11.0 Å². The van der Waals surface area contributed by atoms with Crippen LogP contribution in [0.2, 0.25) is 5.28 Å². The van der Waals surface area contributed by atoms with E-state index in [9.17, 15) is 4.79 Å². The van der Waals surface area contributed by atoms with Gasteiger partial charge in [0.25, 0.3) is 5.91 Å². The van der Waals surface area contributed by atoms with Gasteiger partial charge in [-0.15, -0.1) is 0 Å². The van der Waals surface area contributed by atoms with Crippen molar-refractivity contribution in [3.8, 4) is 0 Å². The summed E-state index contributed by atoms with van der Waals surface area (Å²) in [7, 11) is 0. The quantitative estimate of drug-likeness (QED) is 0.777. The Bertz CT molecular complexity index is 752. The maximum Gasteiger partial charge on any atom is 0.251 e. The number of aromatic amines is 1. The maximum atomic E-state index is 12.1. The van der Waals surface area contributed by atoms with Crippen LogP contribution < -0.4 is 5.32 Å². The Morgan fingerprint density at radius 1 is 1.20 bits per heavy atom. The van der Waals surface area contributed by atoms with Gasteiger partial charge in [-0.1, -0.05) is 30.3 Å². The van der Waals surface area contributed by atoms with E-state index >= 15 is 0 Å². The summed E-state index contributed by atoms with van der Waals surface area (Å²) < 4.78 is 0. The molecule has 20 heavy (non-hydrogen) atoms. The summed E-state index contributed by atoms with van der Waals surface area (Å²) in [5.41, 5.74) is 3.14. The summed E-state index contributed by atoms with van der Waals surface area (Å²) in [6, 6.07) is 15.0. The van der Waals surface area contributed by atoms with E-state index in [0.29, 0.717) is 17.4 Å². The van der Waals surface area contributed by atoms with Gasteiger partial charge < -0.3 is 10.3 Å². The Morgan fingerprint density at radius 3 is 2.80 bits per heavy atom. The molecule has 100 valence electrons. The number of aromatic nitrogens is 2. The molecule has 0 unspecified atom stereocenters. The van der Waals surface area contributed by atoms with E-state index in [-0.39, 0.29) is 5.91 Å². The molecule has 0 saturated carbocycles. The fourth-order valence-electron chi connectivity index (χ4n) is 2.00. The Kier molecular flexibility index (Phi) is 3.39. The SMILES string of the molecule is O=C(NCc1ccccc1)c1ccc2nc(Cl)[nH]c2c1. The molecule has 0 aliphatic rings.